The zero-order valence-corrected chi connectivity index (χ0v) is 10.4. The first-order chi connectivity index (χ1) is 6.15. The van der Waals surface area contributed by atoms with E-state index < -0.39 is 0 Å². The predicted molar refractivity (Wildman–Crippen MR) is 63.4 cm³/mol. The summed E-state index contributed by atoms with van der Waals surface area (Å²) in [6.07, 6.45) is 0.758. The second kappa shape index (κ2) is 4.77. The molecule has 70 valence electrons. The van der Waals surface area contributed by atoms with Crippen LogP contribution in [-0.2, 0) is 0 Å². The lowest BCUT2D eigenvalue weighted by molar-refractivity contribution is 1.23. The van der Waals surface area contributed by atoms with Crippen LogP contribution in [0.25, 0.3) is 0 Å². The highest BCUT2D eigenvalue weighted by molar-refractivity contribution is 9.11. The van der Waals surface area contributed by atoms with Gasteiger partial charge in [0.05, 0.1) is 11.5 Å². The molecule has 0 aliphatic heterocycles. The molecule has 0 saturated heterocycles. The summed E-state index contributed by atoms with van der Waals surface area (Å²) in [6.45, 7) is 1.98. The maximum atomic E-state index is 5.65. The molecule has 1 aromatic carbocycles. The van der Waals surface area contributed by atoms with Crippen LogP contribution in [0.2, 0.25) is 0 Å². The van der Waals surface area contributed by atoms with Crippen molar-refractivity contribution in [1.82, 2.24) is 0 Å². The van der Waals surface area contributed by atoms with Crippen molar-refractivity contribution in [3.05, 3.63) is 27.1 Å². The fourth-order valence-electron chi connectivity index (χ4n) is 0.818. The molecule has 0 amide bonds. The largest absolute Gasteiger partial charge is 0.387 e. The fourth-order valence-corrected chi connectivity index (χ4v) is 1.99. The Morgan fingerprint density at radius 1 is 1.38 bits per heavy atom. The number of para-hydroxylation sites is 1. The zero-order chi connectivity index (χ0) is 9.84. The second-order valence-electron chi connectivity index (χ2n) is 2.53. The number of hydrogen-bond acceptors (Lipinski definition) is 1. The molecule has 0 spiro atoms. The minimum absolute atomic E-state index is 0.632. The molecule has 4 heteroatoms. The van der Waals surface area contributed by atoms with Crippen LogP contribution in [0.5, 0.6) is 0 Å². The van der Waals surface area contributed by atoms with Crippen LogP contribution in [0.1, 0.15) is 13.3 Å². The molecule has 0 aliphatic rings. The summed E-state index contributed by atoms with van der Waals surface area (Å²) in [5, 5.41) is 0. The molecule has 13 heavy (non-hydrogen) atoms. The van der Waals surface area contributed by atoms with Crippen LogP contribution in [-0.4, -0.2) is 5.84 Å². The summed E-state index contributed by atoms with van der Waals surface area (Å²) in [4.78, 5) is 4.28. The highest BCUT2D eigenvalue weighted by Crippen LogP contribution is 2.33. The number of amidine groups is 1. The Balaban J connectivity index is 3.14. The number of halogens is 2. The lowest BCUT2D eigenvalue weighted by atomic mass is 10.3. The van der Waals surface area contributed by atoms with Crippen molar-refractivity contribution in [2.24, 2.45) is 10.7 Å². The molecule has 0 saturated carbocycles. The van der Waals surface area contributed by atoms with E-state index in [-0.39, 0.29) is 0 Å². The van der Waals surface area contributed by atoms with Crippen LogP contribution in [0, 0.1) is 0 Å². The maximum Gasteiger partial charge on any atom is 0.0994 e. The van der Waals surface area contributed by atoms with Crippen LogP contribution < -0.4 is 5.73 Å². The molecule has 1 aromatic rings. The van der Waals surface area contributed by atoms with Gasteiger partial charge in [-0.2, -0.15) is 0 Å². The van der Waals surface area contributed by atoms with E-state index in [0.717, 1.165) is 21.1 Å². The molecule has 0 heterocycles. The lowest BCUT2D eigenvalue weighted by Gasteiger charge is -2.02. The highest BCUT2D eigenvalue weighted by Gasteiger charge is 2.02. The van der Waals surface area contributed by atoms with E-state index in [4.69, 9.17) is 5.73 Å². The molecule has 0 aliphatic carbocycles. The van der Waals surface area contributed by atoms with Crippen molar-refractivity contribution in [1.29, 1.82) is 0 Å². The predicted octanol–water partition coefficient (Wildman–Crippen LogP) is 3.61. The first-order valence-electron chi connectivity index (χ1n) is 3.92. The van der Waals surface area contributed by atoms with Crippen LogP contribution in [0.3, 0.4) is 0 Å². The minimum atomic E-state index is 0.632. The van der Waals surface area contributed by atoms with Gasteiger partial charge in [-0.05, 0) is 44.0 Å². The first kappa shape index (κ1) is 10.7. The van der Waals surface area contributed by atoms with Gasteiger partial charge in [-0.1, -0.05) is 13.0 Å². The lowest BCUT2D eigenvalue weighted by Crippen LogP contribution is -2.08. The average molecular weight is 306 g/mol. The third-order valence-electron chi connectivity index (χ3n) is 1.56. The Kier molecular flexibility index (Phi) is 3.93. The number of nitrogens with two attached hydrogens (primary N) is 1. The number of rotatable bonds is 2. The van der Waals surface area contributed by atoms with Gasteiger partial charge in [0.2, 0.25) is 0 Å². The Morgan fingerprint density at radius 3 is 2.38 bits per heavy atom. The van der Waals surface area contributed by atoms with Crippen molar-refractivity contribution in [3.8, 4) is 0 Å². The second-order valence-corrected chi connectivity index (χ2v) is 4.24. The molecule has 0 unspecified atom stereocenters. The molecule has 2 nitrogen and oxygen atoms in total. The molecule has 0 radical (unpaired) electrons. The van der Waals surface area contributed by atoms with Gasteiger partial charge in [0.15, 0.2) is 0 Å². The third kappa shape index (κ3) is 2.81. The summed E-state index contributed by atoms with van der Waals surface area (Å²) in [6, 6.07) is 5.81. The zero-order valence-electron chi connectivity index (χ0n) is 7.22. The van der Waals surface area contributed by atoms with E-state index >= 15 is 0 Å². The first-order valence-corrected chi connectivity index (χ1v) is 5.50. The summed E-state index contributed by atoms with van der Waals surface area (Å²) < 4.78 is 1.89. The van der Waals surface area contributed by atoms with E-state index in [1.54, 1.807) is 0 Å². The van der Waals surface area contributed by atoms with E-state index in [2.05, 4.69) is 36.9 Å². The summed E-state index contributed by atoms with van der Waals surface area (Å²) >= 11 is 6.82. The Hall–Kier alpha value is -0.350. The highest BCUT2D eigenvalue weighted by atomic mass is 79.9. The van der Waals surface area contributed by atoms with Crippen molar-refractivity contribution < 1.29 is 0 Å². The summed E-state index contributed by atoms with van der Waals surface area (Å²) in [5.41, 5.74) is 6.50. The monoisotopic (exact) mass is 304 g/mol. The molecular formula is C9H10Br2N2. The molecular weight excluding hydrogens is 296 g/mol. The van der Waals surface area contributed by atoms with Gasteiger partial charge in [0.1, 0.15) is 0 Å². The maximum absolute atomic E-state index is 5.65. The Bertz CT molecular complexity index is 314. The molecule has 2 N–H and O–H groups in total. The van der Waals surface area contributed by atoms with E-state index in [1.807, 2.05) is 25.1 Å². The van der Waals surface area contributed by atoms with Crippen molar-refractivity contribution in [3.63, 3.8) is 0 Å². The molecule has 0 bridgehead atoms. The van der Waals surface area contributed by atoms with Crippen molar-refractivity contribution in [2.45, 2.75) is 13.3 Å². The van der Waals surface area contributed by atoms with Crippen LogP contribution in [0.15, 0.2) is 32.1 Å². The topological polar surface area (TPSA) is 38.4 Å². The van der Waals surface area contributed by atoms with E-state index in [1.165, 1.54) is 0 Å². The molecule has 0 atom stereocenters. The van der Waals surface area contributed by atoms with Gasteiger partial charge < -0.3 is 5.73 Å². The number of nitrogens with zero attached hydrogens (tertiary/aromatic N) is 1. The standard InChI is InChI=1S/C9H10Br2N2/c1-2-8(12)13-9-6(10)4-3-5-7(9)11/h3-5H,2H2,1H3,(H2,12,13). The van der Waals surface area contributed by atoms with Crippen molar-refractivity contribution >= 4 is 43.4 Å². The average Bonchev–Trinajstić information content (AvgIpc) is 2.11. The Labute approximate surface area is 94.5 Å². The molecule has 0 aromatic heterocycles. The number of hydrogen-bond donors (Lipinski definition) is 1. The molecule has 0 fully saturated rings. The van der Waals surface area contributed by atoms with Gasteiger partial charge in [0, 0.05) is 15.4 Å². The normalized spacial score (nSPS) is 11.8. The van der Waals surface area contributed by atoms with Gasteiger partial charge in [-0.25, -0.2) is 4.99 Å². The number of benzene rings is 1. The van der Waals surface area contributed by atoms with Gasteiger partial charge >= 0.3 is 0 Å². The van der Waals surface area contributed by atoms with Crippen LogP contribution in [0.4, 0.5) is 5.69 Å². The summed E-state index contributed by atoms with van der Waals surface area (Å²) in [5.74, 6) is 0.632. The smallest absolute Gasteiger partial charge is 0.0994 e. The van der Waals surface area contributed by atoms with E-state index in [9.17, 15) is 0 Å². The third-order valence-corrected chi connectivity index (χ3v) is 2.84. The van der Waals surface area contributed by atoms with Gasteiger partial charge in [-0.15, -0.1) is 0 Å². The Morgan fingerprint density at radius 2 is 1.92 bits per heavy atom. The minimum Gasteiger partial charge on any atom is -0.387 e. The fraction of sp³-hybridized carbons (Fsp3) is 0.222. The van der Waals surface area contributed by atoms with Gasteiger partial charge in [-0.3, -0.25) is 0 Å². The SMILES string of the molecule is CCC(N)=Nc1c(Br)cccc1Br. The van der Waals surface area contributed by atoms with E-state index in [0.29, 0.717) is 5.84 Å². The van der Waals surface area contributed by atoms with Gasteiger partial charge in [0.25, 0.3) is 0 Å². The quantitative estimate of drug-likeness (QED) is 0.658. The number of aliphatic imine (C=N–C) groups is 1. The summed E-state index contributed by atoms with van der Waals surface area (Å²) in [7, 11) is 0. The molecule has 1 rings (SSSR count). The van der Waals surface area contributed by atoms with Crippen LogP contribution >= 0.6 is 31.9 Å². The van der Waals surface area contributed by atoms with Crippen molar-refractivity contribution in [2.75, 3.05) is 0 Å².